The monoisotopic (exact) mass is 270 g/mol. The van der Waals surface area contributed by atoms with Crippen molar-refractivity contribution >= 4 is 5.91 Å². The molecule has 1 aliphatic rings. The van der Waals surface area contributed by atoms with Crippen LogP contribution in [0.2, 0.25) is 0 Å². The molecule has 0 fully saturated rings. The number of rotatable bonds is 3. The summed E-state index contributed by atoms with van der Waals surface area (Å²) in [7, 11) is 0. The van der Waals surface area contributed by atoms with Gasteiger partial charge in [-0.2, -0.15) is 5.10 Å². The Morgan fingerprint density at radius 3 is 2.85 bits per heavy atom. The fourth-order valence-electron chi connectivity index (χ4n) is 2.60. The number of hydrogen-bond acceptors (Lipinski definition) is 3. The molecule has 0 unspecified atom stereocenters. The lowest BCUT2D eigenvalue weighted by atomic mass is 9.90. The van der Waals surface area contributed by atoms with Crippen molar-refractivity contribution in [2.75, 3.05) is 0 Å². The van der Waals surface area contributed by atoms with E-state index in [2.05, 4.69) is 26.6 Å². The van der Waals surface area contributed by atoms with Gasteiger partial charge in [0.2, 0.25) is 0 Å². The zero-order chi connectivity index (χ0) is 13.9. The first-order chi connectivity index (χ1) is 9.72. The fraction of sp³-hybridized carbons (Fsp3) is 0.400. The molecule has 104 valence electrons. The predicted octanol–water partition coefficient (Wildman–Crippen LogP) is 1.92. The number of H-pyrrole nitrogens is 1. The number of benzene rings is 1. The van der Waals surface area contributed by atoms with Gasteiger partial charge in [0, 0.05) is 5.56 Å². The van der Waals surface area contributed by atoms with E-state index >= 15 is 0 Å². The number of nitrogens with zero attached hydrogens (tertiary/aromatic N) is 2. The van der Waals surface area contributed by atoms with Crippen LogP contribution in [0.4, 0.5) is 0 Å². The Kier molecular flexibility index (Phi) is 3.50. The summed E-state index contributed by atoms with van der Waals surface area (Å²) in [4.78, 5) is 16.3. The lowest BCUT2D eigenvalue weighted by Crippen LogP contribution is -2.23. The standard InChI is InChI=1S/C15H18N4O/c1-10-17-14(19-18-10)9-16-15(20)13-7-6-11-4-2-3-5-12(11)8-13/h6-8H,2-5,9H2,1H3,(H,16,20)(H,17,18,19). The van der Waals surface area contributed by atoms with Crippen molar-refractivity contribution in [2.24, 2.45) is 0 Å². The van der Waals surface area contributed by atoms with E-state index in [1.165, 1.54) is 24.0 Å². The van der Waals surface area contributed by atoms with Crippen LogP contribution in [-0.4, -0.2) is 21.1 Å². The lowest BCUT2D eigenvalue weighted by molar-refractivity contribution is 0.0950. The maximum absolute atomic E-state index is 12.1. The van der Waals surface area contributed by atoms with Gasteiger partial charge < -0.3 is 5.32 Å². The number of carbonyl (C=O) groups is 1. The third kappa shape index (κ3) is 2.71. The third-order valence-corrected chi connectivity index (χ3v) is 3.66. The van der Waals surface area contributed by atoms with Gasteiger partial charge in [0.25, 0.3) is 5.91 Å². The van der Waals surface area contributed by atoms with Crippen molar-refractivity contribution in [2.45, 2.75) is 39.2 Å². The Labute approximate surface area is 117 Å². The van der Waals surface area contributed by atoms with Crippen LogP contribution >= 0.6 is 0 Å². The van der Waals surface area contributed by atoms with Gasteiger partial charge in [0.15, 0.2) is 5.82 Å². The van der Waals surface area contributed by atoms with E-state index in [4.69, 9.17) is 0 Å². The van der Waals surface area contributed by atoms with Crippen molar-refractivity contribution in [1.29, 1.82) is 0 Å². The molecule has 3 rings (SSSR count). The Hall–Kier alpha value is -2.17. The molecule has 0 saturated carbocycles. The molecule has 0 spiro atoms. The summed E-state index contributed by atoms with van der Waals surface area (Å²) in [5.74, 6) is 1.29. The summed E-state index contributed by atoms with van der Waals surface area (Å²) < 4.78 is 0. The maximum atomic E-state index is 12.1. The summed E-state index contributed by atoms with van der Waals surface area (Å²) in [6.45, 7) is 2.18. The van der Waals surface area contributed by atoms with Crippen LogP contribution in [0, 0.1) is 6.92 Å². The van der Waals surface area contributed by atoms with E-state index < -0.39 is 0 Å². The molecule has 2 aromatic rings. The van der Waals surface area contributed by atoms with Crippen molar-refractivity contribution in [3.8, 4) is 0 Å². The van der Waals surface area contributed by atoms with Crippen molar-refractivity contribution in [3.05, 3.63) is 46.5 Å². The summed E-state index contributed by atoms with van der Waals surface area (Å²) in [5, 5.41) is 9.61. The largest absolute Gasteiger partial charge is 0.345 e. The molecule has 0 bridgehead atoms. The number of carbonyl (C=O) groups excluding carboxylic acids is 1. The minimum Gasteiger partial charge on any atom is -0.345 e. The first kappa shape index (κ1) is 12.8. The molecule has 1 amide bonds. The first-order valence-electron chi connectivity index (χ1n) is 7.00. The molecule has 5 heteroatoms. The molecule has 1 aromatic heterocycles. The SMILES string of the molecule is Cc1nc(CNC(=O)c2ccc3c(c2)CCCC3)n[nH]1. The van der Waals surface area contributed by atoms with Gasteiger partial charge >= 0.3 is 0 Å². The maximum Gasteiger partial charge on any atom is 0.251 e. The normalized spacial score (nSPS) is 13.8. The van der Waals surface area contributed by atoms with E-state index in [0.717, 1.165) is 24.2 Å². The molecular formula is C15H18N4O. The molecule has 1 aliphatic carbocycles. The van der Waals surface area contributed by atoms with Gasteiger partial charge in [0.05, 0.1) is 6.54 Å². The average Bonchev–Trinajstić information content (AvgIpc) is 2.90. The van der Waals surface area contributed by atoms with Crippen LogP contribution in [0.25, 0.3) is 0 Å². The quantitative estimate of drug-likeness (QED) is 0.895. The smallest absolute Gasteiger partial charge is 0.251 e. The van der Waals surface area contributed by atoms with Gasteiger partial charge in [-0.25, -0.2) is 4.98 Å². The highest BCUT2D eigenvalue weighted by Gasteiger charge is 2.13. The number of fused-ring (bicyclic) bond motifs is 1. The molecular weight excluding hydrogens is 252 g/mol. The summed E-state index contributed by atoms with van der Waals surface area (Å²) >= 11 is 0. The number of aryl methyl sites for hydroxylation is 3. The molecule has 0 atom stereocenters. The van der Waals surface area contributed by atoms with Crippen LogP contribution in [0.5, 0.6) is 0 Å². The molecule has 1 aromatic carbocycles. The van der Waals surface area contributed by atoms with Gasteiger partial charge in [-0.3, -0.25) is 9.89 Å². The van der Waals surface area contributed by atoms with E-state index in [9.17, 15) is 4.79 Å². The minimum atomic E-state index is -0.0687. The number of amides is 1. The number of hydrogen-bond donors (Lipinski definition) is 2. The summed E-state index contributed by atoms with van der Waals surface area (Å²) in [6, 6.07) is 6.01. The van der Waals surface area contributed by atoms with Gasteiger partial charge in [-0.05, 0) is 55.9 Å². The zero-order valence-corrected chi connectivity index (χ0v) is 11.6. The Morgan fingerprint density at radius 1 is 1.30 bits per heavy atom. The third-order valence-electron chi connectivity index (χ3n) is 3.66. The summed E-state index contributed by atoms with van der Waals surface area (Å²) in [5.41, 5.74) is 3.42. The second-order valence-corrected chi connectivity index (χ2v) is 5.21. The Morgan fingerprint density at radius 2 is 2.10 bits per heavy atom. The minimum absolute atomic E-state index is 0.0687. The van der Waals surface area contributed by atoms with Crippen LogP contribution in [0.3, 0.4) is 0 Å². The Bertz CT molecular complexity index is 633. The highest BCUT2D eigenvalue weighted by Crippen LogP contribution is 2.22. The topological polar surface area (TPSA) is 70.7 Å². The second-order valence-electron chi connectivity index (χ2n) is 5.21. The van der Waals surface area contributed by atoms with Crippen LogP contribution in [0.1, 0.15) is 46.0 Å². The van der Waals surface area contributed by atoms with E-state index in [-0.39, 0.29) is 5.91 Å². The number of aromatic amines is 1. The van der Waals surface area contributed by atoms with Crippen molar-refractivity contribution in [1.82, 2.24) is 20.5 Å². The lowest BCUT2D eigenvalue weighted by Gasteiger charge is -2.16. The zero-order valence-electron chi connectivity index (χ0n) is 11.6. The number of nitrogens with one attached hydrogen (secondary N) is 2. The molecule has 0 radical (unpaired) electrons. The first-order valence-corrected chi connectivity index (χ1v) is 7.00. The van der Waals surface area contributed by atoms with Crippen LogP contribution < -0.4 is 5.32 Å². The van der Waals surface area contributed by atoms with Crippen molar-refractivity contribution < 1.29 is 4.79 Å². The van der Waals surface area contributed by atoms with E-state index in [0.29, 0.717) is 12.4 Å². The molecule has 1 heterocycles. The molecule has 2 N–H and O–H groups in total. The number of aromatic nitrogens is 3. The average molecular weight is 270 g/mol. The van der Waals surface area contributed by atoms with Gasteiger partial charge in [-0.1, -0.05) is 6.07 Å². The highest BCUT2D eigenvalue weighted by atomic mass is 16.1. The predicted molar refractivity (Wildman–Crippen MR) is 75.4 cm³/mol. The molecule has 0 saturated heterocycles. The molecule has 5 nitrogen and oxygen atoms in total. The van der Waals surface area contributed by atoms with Crippen LogP contribution in [0.15, 0.2) is 18.2 Å². The summed E-state index contributed by atoms with van der Waals surface area (Å²) in [6.07, 6.45) is 4.68. The molecule has 0 aliphatic heterocycles. The fourth-order valence-corrected chi connectivity index (χ4v) is 2.60. The highest BCUT2D eigenvalue weighted by molar-refractivity contribution is 5.94. The second kappa shape index (κ2) is 5.45. The molecule has 20 heavy (non-hydrogen) atoms. The van der Waals surface area contributed by atoms with Gasteiger partial charge in [0.1, 0.15) is 5.82 Å². The van der Waals surface area contributed by atoms with Crippen LogP contribution in [-0.2, 0) is 19.4 Å². The Balaban J connectivity index is 1.67. The van der Waals surface area contributed by atoms with E-state index in [1.54, 1.807) is 0 Å². The van der Waals surface area contributed by atoms with Gasteiger partial charge in [-0.15, -0.1) is 0 Å². The van der Waals surface area contributed by atoms with Crippen molar-refractivity contribution in [3.63, 3.8) is 0 Å². The van der Waals surface area contributed by atoms with E-state index in [1.807, 2.05) is 19.1 Å².